The minimum Gasteiger partial charge on any atom is -0.309 e. The summed E-state index contributed by atoms with van der Waals surface area (Å²) >= 11 is 0. The predicted molar refractivity (Wildman–Crippen MR) is 71.0 cm³/mol. The number of hydrogen-bond acceptors (Lipinski definition) is 2. The van der Waals surface area contributed by atoms with Crippen molar-refractivity contribution in [2.24, 2.45) is 0 Å². The number of aryl methyl sites for hydroxylation is 2. The molecule has 1 aromatic carbocycles. The van der Waals surface area contributed by atoms with Crippen LogP contribution < -0.4 is 5.32 Å². The van der Waals surface area contributed by atoms with Gasteiger partial charge < -0.3 is 5.32 Å². The third-order valence-corrected chi connectivity index (χ3v) is 3.21. The van der Waals surface area contributed by atoms with Crippen LogP contribution in [0.5, 0.6) is 0 Å². The van der Waals surface area contributed by atoms with Gasteiger partial charge in [-0.15, -0.1) is 0 Å². The van der Waals surface area contributed by atoms with Gasteiger partial charge in [0.1, 0.15) is 5.82 Å². The molecule has 1 N–H and O–H groups in total. The average Bonchev–Trinajstić information content (AvgIpc) is 2.34. The Bertz CT molecular complexity index is 552. The van der Waals surface area contributed by atoms with Gasteiger partial charge in [-0.3, -0.25) is 4.98 Å². The van der Waals surface area contributed by atoms with Crippen LogP contribution in [0.15, 0.2) is 36.7 Å². The molecule has 1 atom stereocenters. The summed E-state index contributed by atoms with van der Waals surface area (Å²) in [5.74, 6) is -0.197. The molecule has 18 heavy (non-hydrogen) atoms. The highest BCUT2D eigenvalue weighted by Crippen LogP contribution is 2.26. The first-order chi connectivity index (χ1) is 8.63. The molecule has 0 saturated carbocycles. The maximum Gasteiger partial charge on any atom is 0.123 e. The largest absolute Gasteiger partial charge is 0.309 e. The molecule has 0 amide bonds. The highest BCUT2D eigenvalue weighted by molar-refractivity contribution is 5.39. The first-order valence-electron chi connectivity index (χ1n) is 5.97. The Hall–Kier alpha value is -1.74. The standard InChI is InChI=1S/C15H17FN2/c1-10-8-12(16)4-5-13(10)15(17-3)14-6-7-18-9-11(14)2/h4-9,15,17H,1-3H3. The quantitative estimate of drug-likeness (QED) is 0.897. The number of aromatic nitrogens is 1. The van der Waals surface area contributed by atoms with Crippen LogP contribution in [-0.2, 0) is 0 Å². The Kier molecular flexibility index (Phi) is 3.72. The fraction of sp³-hybridized carbons (Fsp3) is 0.267. The van der Waals surface area contributed by atoms with Crippen molar-refractivity contribution < 1.29 is 4.39 Å². The zero-order chi connectivity index (χ0) is 13.1. The minimum atomic E-state index is -0.197. The SMILES string of the molecule is CNC(c1ccncc1C)c1ccc(F)cc1C. The normalized spacial score (nSPS) is 12.4. The maximum absolute atomic E-state index is 13.2. The molecule has 0 spiro atoms. The van der Waals surface area contributed by atoms with Crippen LogP contribution in [0.3, 0.4) is 0 Å². The lowest BCUT2D eigenvalue weighted by Gasteiger charge is -2.21. The number of nitrogens with one attached hydrogen (secondary N) is 1. The van der Waals surface area contributed by atoms with Gasteiger partial charge in [0.15, 0.2) is 0 Å². The minimum absolute atomic E-state index is 0.0635. The molecular weight excluding hydrogens is 227 g/mol. The number of halogens is 1. The van der Waals surface area contributed by atoms with Gasteiger partial charge in [-0.25, -0.2) is 4.39 Å². The van der Waals surface area contributed by atoms with E-state index in [-0.39, 0.29) is 11.9 Å². The monoisotopic (exact) mass is 244 g/mol. The molecular formula is C15H17FN2. The molecule has 1 unspecified atom stereocenters. The van der Waals surface area contributed by atoms with E-state index in [0.717, 1.165) is 16.7 Å². The van der Waals surface area contributed by atoms with E-state index in [1.165, 1.54) is 11.6 Å². The van der Waals surface area contributed by atoms with Crippen molar-refractivity contribution in [3.8, 4) is 0 Å². The van der Waals surface area contributed by atoms with Crippen LogP contribution in [0, 0.1) is 19.7 Å². The number of nitrogens with zero attached hydrogens (tertiary/aromatic N) is 1. The second kappa shape index (κ2) is 5.27. The lowest BCUT2D eigenvalue weighted by molar-refractivity contribution is 0.620. The van der Waals surface area contributed by atoms with Crippen molar-refractivity contribution in [2.45, 2.75) is 19.9 Å². The summed E-state index contributed by atoms with van der Waals surface area (Å²) in [4.78, 5) is 4.10. The van der Waals surface area contributed by atoms with Crippen LogP contribution in [0.2, 0.25) is 0 Å². The predicted octanol–water partition coefficient (Wildman–Crippen LogP) is 3.15. The van der Waals surface area contributed by atoms with Crippen LogP contribution in [0.25, 0.3) is 0 Å². The summed E-state index contributed by atoms with van der Waals surface area (Å²) < 4.78 is 13.2. The summed E-state index contributed by atoms with van der Waals surface area (Å²) in [7, 11) is 1.91. The molecule has 0 aliphatic carbocycles. The van der Waals surface area contributed by atoms with Gasteiger partial charge in [-0.2, -0.15) is 0 Å². The first-order valence-corrected chi connectivity index (χ1v) is 5.97. The molecule has 94 valence electrons. The molecule has 0 aliphatic heterocycles. The lowest BCUT2D eigenvalue weighted by Crippen LogP contribution is -2.19. The van der Waals surface area contributed by atoms with Gasteiger partial charge >= 0.3 is 0 Å². The third-order valence-electron chi connectivity index (χ3n) is 3.21. The third kappa shape index (κ3) is 2.41. The molecule has 2 rings (SSSR count). The topological polar surface area (TPSA) is 24.9 Å². The van der Waals surface area contributed by atoms with Gasteiger partial charge in [0.05, 0.1) is 6.04 Å². The maximum atomic E-state index is 13.2. The highest BCUT2D eigenvalue weighted by Gasteiger charge is 2.16. The van der Waals surface area contributed by atoms with Gasteiger partial charge in [0.2, 0.25) is 0 Å². The molecule has 0 aliphatic rings. The molecule has 1 aromatic heterocycles. The van der Waals surface area contributed by atoms with Crippen LogP contribution in [0.4, 0.5) is 4.39 Å². The van der Waals surface area contributed by atoms with Crippen molar-refractivity contribution in [1.29, 1.82) is 0 Å². The molecule has 3 heteroatoms. The van der Waals surface area contributed by atoms with E-state index in [1.807, 2.05) is 39.2 Å². The second-order valence-corrected chi connectivity index (χ2v) is 4.45. The van der Waals surface area contributed by atoms with Crippen LogP contribution >= 0.6 is 0 Å². The molecule has 0 saturated heterocycles. The smallest absolute Gasteiger partial charge is 0.123 e. The Balaban J connectivity index is 2.49. The fourth-order valence-corrected chi connectivity index (χ4v) is 2.25. The van der Waals surface area contributed by atoms with E-state index < -0.39 is 0 Å². The van der Waals surface area contributed by atoms with E-state index in [2.05, 4.69) is 10.3 Å². The molecule has 2 nitrogen and oxygen atoms in total. The zero-order valence-electron chi connectivity index (χ0n) is 10.9. The Morgan fingerprint density at radius 3 is 2.44 bits per heavy atom. The van der Waals surface area contributed by atoms with Crippen molar-refractivity contribution >= 4 is 0 Å². The Labute approximate surface area is 107 Å². The Morgan fingerprint density at radius 1 is 1.11 bits per heavy atom. The lowest BCUT2D eigenvalue weighted by atomic mass is 9.93. The van der Waals surface area contributed by atoms with Gasteiger partial charge in [0, 0.05) is 12.4 Å². The number of hydrogen-bond donors (Lipinski definition) is 1. The number of rotatable bonds is 3. The van der Waals surface area contributed by atoms with Crippen molar-refractivity contribution in [2.75, 3.05) is 7.05 Å². The molecule has 1 heterocycles. The van der Waals surface area contributed by atoms with E-state index in [9.17, 15) is 4.39 Å². The van der Waals surface area contributed by atoms with E-state index in [1.54, 1.807) is 12.3 Å². The highest BCUT2D eigenvalue weighted by atomic mass is 19.1. The molecule has 2 aromatic rings. The Morgan fingerprint density at radius 2 is 1.83 bits per heavy atom. The number of benzene rings is 1. The van der Waals surface area contributed by atoms with Crippen molar-refractivity contribution in [1.82, 2.24) is 10.3 Å². The van der Waals surface area contributed by atoms with Crippen LogP contribution in [-0.4, -0.2) is 12.0 Å². The van der Waals surface area contributed by atoms with E-state index in [4.69, 9.17) is 0 Å². The summed E-state index contributed by atoms with van der Waals surface area (Å²) in [6, 6.07) is 6.97. The van der Waals surface area contributed by atoms with Crippen molar-refractivity contribution in [3.05, 3.63) is 64.7 Å². The molecule has 0 bridgehead atoms. The van der Waals surface area contributed by atoms with E-state index >= 15 is 0 Å². The van der Waals surface area contributed by atoms with Gasteiger partial charge in [-0.1, -0.05) is 6.07 Å². The van der Waals surface area contributed by atoms with Crippen LogP contribution in [0.1, 0.15) is 28.3 Å². The molecule has 0 radical (unpaired) electrons. The summed E-state index contributed by atoms with van der Waals surface area (Å²) in [5.41, 5.74) is 4.33. The van der Waals surface area contributed by atoms with Gasteiger partial charge in [-0.05, 0) is 61.3 Å². The molecule has 0 fully saturated rings. The zero-order valence-corrected chi connectivity index (χ0v) is 10.9. The van der Waals surface area contributed by atoms with E-state index in [0.29, 0.717) is 0 Å². The first kappa shape index (κ1) is 12.7. The average molecular weight is 244 g/mol. The summed E-state index contributed by atoms with van der Waals surface area (Å²) in [6.45, 7) is 3.96. The van der Waals surface area contributed by atoms with Crippen molar-refractivity contribution in [3.63, 3.8) is 0 Å². The second-order valence-electron chi connectivity index (χ2n) is 4.45. The number of pyridine rings is 1. The summed E-state index contributed by atoms with van der Waals surface area (Å²) in [5, 5.41) is 3.29. The van der Waals surface area contributed by atoms with Gasteiger partial charge in [0.25, 0.3) is 0 Å². The fourth-order valence-electron chi connectivity index (χ4n) is 2.25. The summed E-state index contributed by atoms with van der Waals surface area (Å²) in [6.07, 6.45) is 3.63.